The molecule has 0 spiro atoms. The van der Waals surface area contributed by atoms with E-state index in [2.05, 4.69) is 10.6 Å². The second-order valence-electron chi connectivity index (χ2n) is 5.72. The van der Waals surface area contributed by atoms with Crippen LogP contribution in [0.4, 0.5) is 22.7 Å². The van der Waals surface area contributed by atoms with Crippen LogP contribution >= 0.6 is 11.3 Å². The number of benzene rings is 2. The Labute approximate surface area is 167 Å². The fraction of sp³-hybridized carbons (Fsp3) is 0. The average Bonchev–Trinajstić information content (AvgIpc) is 3.22. The number of thiophene rings is 1. The summed E-state index contributed by atoms with van der Waals surface area (Å²) in [4.78, 5) is 45.4. The van der Waals surface area contributed by atoms with Crippen LogP contribution in [-0.2, 0) is 0 Å². The molecular formula is C18H12N4O6S. The molecule has 11 heteroatoms. The first-order valence-electron chi connectivity index (χ1n) is 8.03. The number of carbonyl (C=O) groups excluding carboxylic acids is 2. The molecule has 3 aromatic rings. The van der Waals surface area contributed by atoms with Crippen molar-refractivity contribution >= 4 is 45.9 Å². The molecular weight excluding hydrogens is 400 g/mol. The number of nitro groups is 2. The van der Waals surface area contributed by atoms with Crippen molar-refractivity contribution in [2.24, 2.45) is 0 Å². The summed E-state index contributed by atoms with van der Waals surface area (Å²) in [5.41, 5.74) is -0.652. The Morgan fingerprint density at radius 2 is 1.38 bits per heavy atom. The largest absolute Gasteiger partial charge is 0.322 e. The Morgan fingerprint density at radius 1 is 0.793 bits per heavy atom. The molecule has 146 valence electrons. The van der Waals surface area contributed by atoms with Gasteiger partial charge in [-0.15, -0.1) is 11.3 Å². The molecule has 1 heterocycles. The van der Waals surface area contributed by atoms with Crippen LogP contribution in [0.5, 0.6) is 0 Å². The lowest BCUT2D eigenvalue weighted by Crippen LogP contribution is -2.14. The fourth-order valence-electron chi connectivity index (χ4n) is 2.42. The van der Waals surface area contributed by atoms with Crippen molar-refractivity contribution in [3.63, 3.8) is 0 Å². The van der Waals surface area contributed by atoms with Gasteiger partial charge in [0.25, 0.3) is 23.2 Å². The molecule has 10 nitrogen and oxygen atoms in total. The van der Waals surface area contributed by atoms with E-state index in [1.807, 2.05) is 0 Å². The molecule has 3 rings (SSSR count). The van der Waals surface area contributed by atoms with Gasteiger partial charge in [-0.25, -0.2) is 0 Å². The van der Waals surface area contributed by atoms with E-state index in [0.717, 1.165) is 18.2 Å². The first kappa shape index (κ1) is 19.6. The van der Waals surface area contributed by atoms with Crippen LogP contribution in [-0.4, -0.2) is 21.7 Å². The molecule has 0 atom stereocenters. The quantitative estimate of drug-likeness (QED) is 0.461. The van der Waals surface area contributed by atoms with Gasteiger partial charge in [-0.05, 0) is 29.6 Å². The number of rotatable bonds is 6. The Morgan fingerprint density at radius 3 is 1.90 bits per heavy atom. The van der Waals surface area contributed by atoms with E-state index in [4.69, 9.17) is 0 Å². The third-order valence-electron chi connectivity index (χ3n) is 3.71. The molecule has 0 aliphatic carbocycles. The molecule has 2 N–H and O–H groups in total. The predicted octanol–water partition coefficient (Wildman–Crippen LogP) is 4.07. The maximum absolute atomic E-state index is 12.4. The second kappa shape index (κ2) is 8.27. The Kier molecular flexibility index (Phi) is 5.60. The lowest BCUT2D eigenvalue weighted by atomic mass is 10.1. The van der Waals surface area contributed by atoms with Crippen molar-refractivity contribution in [3.05, 3.63) is 90.6 Å². The van der Waals surface area contributed by atoms with Crippen LogP contribution in [0.15, 0.2) is 60.0 Å². The molecule has 0 aliphatic heterocycles. The summed E-state index contributed by atoms with van der Waals surface area (Å²) in [5, 5.41) is 28.9. The van der Waals surface area contributed by atoms with E-state index < -0.39 is 27.1 Å². The molecule has 2 aromatic carbocycles. The lowest BCUT2D eigenvalue weighted by Gasteiger charge is -2.08. The summed E-state index contributed by atoms with van der Waals surface area (Å²) in [5.74, 6) is -1.07. The zero-order valence-electron chi connectivity index (χ0n) is 14.5. The van der Waals surface area contributed by atoms with Gasteiger partial charge < -0.3 is 10.6 Å². The zero-order valence-corrected chi connectivity index (χ0v) is 15.3. The van der Waals surface area contributed by atoms with E-state index >= 15 is 0 Å². The van der Waals surface area contributed by atoms with Gasteiger partial charge in [0, 0.05) is 23.5 Å². The van der Waals surface area contributed by atoms with E-state index in [0.29, 0.717) is 16.3 Å². The highest BCUT2D eigenvalue weighted by molar-refractivity contribution is 7.12. The SMILES string of the molecule is O=C(Nc1cccc(NC(=O)c2cccs2)c1)c1cc([N+](=O)[O-])cc([N+](=O)[O-])c1. The predicted molar refractivity (Wildman–Crippen MR) is 106 cm³/mol. The normalized spacial score (nSPS) is 10.2. The van der Waals surface area contributed by atoms with Crippen molar-refractivity contribution < 1.29 is 19.4 Å². The standard InChI is InChI=1S/C18H12N4O6S/c23-17(11-7-14(21(25)26)10-15(8-11)22(27)28)19-12-3-1-4-13(9-12)20-18(24)16-5-2-6-29-16/h1-10H,(H,19,23)(H,20,24). The summed E-state index contributed by atoms with van der Waals surface area (Å²) >= 11 is 1.28. The molecule has 0 saturated heterocycles. The number of carbonyl (C=O) groups is 2. The highest BCUT2D eigenvalue weighted by Gasteiger charge is 2.20. The zero-order chi connectivity index (χ0) is 21.0. The lowest BCUT2D eigenvalue weighted by molar-refractivity contribution is -0.394. The molecule has 0 bridgehead atoms. The molecule has 1 aromatic heterocycles. The number of hydrogen-bond acceptors (Lipinski definition) is 7. The number of non-ortho nitro benzene ring substituents is 2. The fourth-order valence-corrected chi connectivity index (χ4v) is 3.03. The van der Waals surface area contributed by atoms with Gasteiger partial charge >= 0.3 is 0 Å². The maximum atomic E-state index is 12.4. The molecule has 0 saturated carbocycles. The van der Waals surface area contributed by atoms with Crippen LogP contribution in [0.25, 0.3) is 0 Å². The highest BCUT2D eigenvalue weighted by Crippen LogP contribution is 2.24. The van der Waals surface area contributed by atoms with Gasteiger partial charge in [0.05, 0.1) is 26.4 Å². The van der Waals surface area contributed by atoms with Crippen LogP contribution < -0.4 is 10.6 Å². The van der Waals surface area contributed by atoms with E-state index in [9.17, 15) is 29.8 Å². The average molecular weight is 412 g/mol. The van der Waals surface area contributed by atoms with Gasteiger partial charge in [-0.2, -0.15) is 0 Å². The van der Waals surface area contributed by atoms with Gasteiger partial charge in [0.1, 0.15) is 0 Å². The molecule has 0 fully saturated rings. The topological polar surface area (TPSA) is 144 Å². The first-order chi connectivity index (χ1) is 13.8. The van der Waals surface area contributed by atoms with Gasteiger partial charge in [-0.3, -0.25) is 29.8 Å². The van der Waals surface area contributed by atoms with E-state index in [1.165, 1.54) is 17.4 Å². The van der Waals surface area contributed by atoms with E-state index in [-0.39, 0.29) is 11.5 Å². The summed E-state index contributed by atoms with van der Waals surface area (Å²) < 4.78 is 0. The molecule has 0 aliphatic rings. The van der Waals surface area contributed by atoms with Gasteiger partial charge in [-0.1, -0.05) is 12.1 Å². The number of nitrogens with one attached hydrogen (secondary N) is 2. The van der Waals surface area contributed by atoms with Crippen molar-refractivity contribution in [2.45, 2.75) is 0 Å². The van der Waals surface area contributed by atoms with Gasteiger partial charge in [0.15, 0.2) is 0 Å². The highest BCUT2D eigenvalue weighted by atomic mass is 32.1. The minimum atomic E-state index is -0.815. The van der Waals surface area contributed by atoms with Crippen molar-refractivity contribution in [1.29, 1.82) is 0 Å². The number of amides is 2. The third-order valence-corrected chi connectivity index (χ3v) is 4.58. The maximum Gasteiger partial charge on any atom is 0.277 e. The Hall–Kier alpha value is -4.12. The number of nitrogens with zero attached hydrogens (tertiary/aromatic N) is 2. The second-order valence-corrected chi connectivity index (χ2v) is 6.67. The summed E-state index contributed by atoms with van der Waals surface area (Å²) in [6.07, 6.45) is 0. The van der Waals surface area contributed by atoms with Crippen LogP contribution in [0, 0.1) is 20.2 Å². The minimum Gasteiger partial charge on any atom is -0.322 e. The van der Waals surface area contributed by atoms with Crippen LogP contribution in [0.3, 0.4) is 0 Å². The molecule has 0 unspecified atom stereocenters. The van der Waals surface area contributed by atoms with Crippen molar-refractivity contribution in [2.75, 3.05) is 10.6 Å². The first-order valence-corrected chi connectivity index (χ1v) is 8.91. The Bertz CT molecular complexity index is 1080. The molecule has 0 radical (unpaired) electrons. The van der Waals surface area contributed by atoms with Gasteiger partial charge in [0.2, 0.25) is 0 Å². The van der Waals surface area contributed by atoms with Crippen molar-refractivity contribution in [3.8, 4) is 0 Å². The monoisotopic (exact) mass is 412 g/mol. The van der Waals surface area contributed by atoms with Crippen LogP contribution in [0.2, 0.25) is 0 Å². The van der Waals surface area contributed by atoms with Crippen LogP contribution in [0.1, 0.15) is 20.0 Å². The molecule has 29 heavy (non-hydrogen) atoms. The summed E-state index contributed by atoms with van der Waals surface area (Å²) in [6, 6.07) is 12.3. The molecule has 2 amide bonds. The van der Waals surface area contributed by atoms with Crippen molar-refractivity contribution in [1.82, 2.24) is 0 Å². The Balaban J connectivity index is 1.80. The summed E-state index contributed by atoms with van der Waals surface area (Å²) in [7, 11) is 0. The number of nitro benzene ring substituents is 2. The number of hydrogen-bond donors (Lipinski definition) is 2. The number of anilines is 2. The minimum absolute atomic E-state index is 0.237. The smallest absolute Gasteiger partial charge is 0.277 e. The van der Waals surface area contributed by atoms with E-state index in [1.54, 1.807) is 35.7 Å². The third kappa shape index (κ3) is 4.78. The summed E-state index contributed by atoms with van der Waals surface area (Å²) in [6.45, 7) is 0.